The molecule has 7 nitrogen and oxygen atoms in total. The van der Waals surface area contributed by atoms with E-state index in [1.54, 1.807) is 48.5 Å². The third-order valence-corrected chi connectivity index (χ3v) is 16.9. The van der Waals surface area contributed by atoms with Gasteiger partial charge in [-0.3, -0.25) is 13.2 Å². The lowest BCUT2D eigenvalue weighted by Gasteiger charge is -2.71. The van der Waals surface area contributed by atoms with E-state index in [1.165, 1.54) is 0 Å². The highest BCUT2D eigenvalue weighted by Gasteiger charge is 2.82. The Balaban J connectivity index is 1.12. The molecule has 0 saturated heterocycles. The minimum absolute atomic E-state index is 0.0370. The van der Waals surface area contributed by atoms with Crippen molar-refractivity contribution in [1.82, 2.24) is 0 Å². The van der Waals surface area contributed by atoms with Gasteiger partial charge < -0.3 is 0 Å². The number of benzene rings is 4. The topological polar surface area (TPSA) is 104 Å². The number of carbonyl (C=O) groups excluding carboxylic acids is 1. The summed E-state index contributed by atoms with van der Waals surface area (Å²) in [4.78, 5) is 15.4. The highest BCUT2D eigenvalue weighted by atomic mass is 32.2. The average Bonchev–Trinajstić information content (AvgIpc) is 3.41. The maximum Gasteiger partial charge on any atom is 0.296 e. The van der Waals surface area contributed by atoms with Crippen LogP contribution < -0.4 is 0 Å². The molecule has 5 saturated carbocycles. The Bertz CT molecular complexity index is 2210. The van der Waals surface area contributed by atoms with Gasteiger partial charge >= 0.3 is 0 Å². The number of hydrogen-bond donors (Lipinski definition) is 0. The number of aryl methyl sites for hydroxylation is 2. The number of hydrogen-bond acceptors (Lipinski definition) is 7. The van der Waals surface area contributed by atoms with Gasteiger partial charge in [-0.2, -0.15) is 16.8 Å². The molecule has 0 heterocycles. The van der Waals surface area contributed by atoms with E-state index in [0.29, 0.717) is 0 Å². The maximum atomic E-state index is 15.2. The lowest BCUT2D eigenvalue weighted by Crippen LogP contribution is -2.68. The zero-order valence-electron chi connectivity index (χ0n) is 31.0. The van der Waals surface area contributed by atoms with Crippen molar-refractivity contribution >= 4 is 37.2 Å². The van der Waals surface area contributed by atoms with Gasteiger partial charge in [0.15, 0.2) is 5.78 Å². The first-order chi connectivity index (χ1) is 25.8. The van der Waals surface area contributed by atoms with Crippen LogP contribution in [0.2, 0.25) is 0 Å². The van der Waals surface area contributed by atoms with Crippen LogP contribution in [0.15, 0.2) is 119 Å². The SMILES string of the molecule is Cc1ccc(S(=O)(=O)OCC2C(COS(=O)(=O)c3ccc(C)cc3)C3CCC2C2C3C3C2C2(C)C(=O)C3(C)C(c3ccccc3)=C2c2ccccc2)cc1. The molecule has 10 atom stereocenters. The van der Waals surface area contributed by atoms with E-state index >= 15 is 4.79 Å². The fourth-order valence-electron chi connectivity index (χ4n) is 12.2. The Labute approximate surface area is 319 Å². The Morgan fingerprint density at radius 1 is 0.556 bits per heavy atom. The molecule has 0 aliphatic heterocycles. The number of Topliss-reactive ketones (excluding diaryl/α,β-unsaturated/α-hetero) is 1. The van der Waals surface area contributed by atoms with Gasteiger partial charge in [0.25, 0.3) is 20.2 Å². The lowest BCUT2D eigenvalue weighted by molar-refractivity contribution is -0.227. The van der Waals surface area contributed by atoms with Gasteiger partial charge in [0.2, 0.25) is 0 Å². The van der Waals surface area contributed by atoms with Crippen molar-refractivity contribution in [1.29, 1.82) is 0 Å². The smallest absolute Gasteiger partial charge is 0.296 e. The summed E-state index contributed by atoms with van der Waals surface area (Å²) in [5, 5.41) is 0. The second kappa shape index (κ2) is 12.6. The lowest BCUT2D eigenvalue weighted by atomic mass is 9.33. The molecule has 4 aromatic carbocycles. The van der Waals surface area contributed by atoms with Crippen LogP contribution in [0.3, 0.4) is 0 Å². The van der Waals surface area contributed by atoms with Gasteiger partial charge in [-0.25, -0.2) is 0 Å². The van der Waals surface area contributed by atoms with Crippen LogP contribution in [0.25, 0.3) is 11.1 Å². The molecule has 4 aromatic rings. The highest BCUT2D eigenvalue weighted by molar-refractivity contribution is 7.87. The molecule has 0 aromatic heterocycles. The molecule has 54 heavy (non-hydrogen) atoms. The van der Waals surface area contributed by atoms with Gasteiger partial charge in [0, 0.05) is 0 Å². The molecule has 280 valence electrons. The molecule has 6 aliphatic rings. The summed E-state index contributed by atoms with van der Waals surface area (Å²) in [7, 11) is -8.16. The molecule has 0 amide bonds. The Morgan fingerprint density at radius 2 is 0.907 bits per heavy atom. The summed E-state index contributed by atoms with van der Waals surface area (Å²) in [6.45, 7) is 7.98. The summed E-state index contributed by atoms with van der Waals surface area (Å²) < 4.78 is 66.1. The van der Waals surface area contributed by atoms with Crippen molar-refractivity contribution in [3.05, 3.63) is 131 Å². The van der Waals surface area contributed by atoms with Gasteiger partial charge in [0.05, 0.1) is 33.8 Å². The summed E-state index contributed by atoms with van der Waals surface area (Å²) in [6.07, 6.45) is 1.73. The normalized spacial score (nSPS) is 33.7. The van der Waals surface area contributed by atoms with E-state index in [0.717, 1.165) is 46.2 Å². The van der Waals surface area contributed by atoms with Crippen molar-refractivity contribution in [2.45, 2.75) is 50.3 Å². The average molecular weight is 763 g/mol. The van der Waals surface area contributed by atoms with Crippen LogP contribution in [0.1, 0.15) is 48.9 Å². The number of allylic oxidation sites excluding steroid dienone is 2. The fraction of sp³-hybridized carbons (Fsp3) is 0.400. The van der Waals surface area contributed by atoms with Crippen LogP contribution in [-0.2, 0) is 33.4 Å². The first-order valence-corrected chi connectivity index (χ1v) is 21.9. The van der Waals surface area contributed by atoms with Crippen molar-refractivity contribution in [3.8, 4) is 0 Å². The minimum atomic E-state index is -4.08. The quantitative estimate of drug-likeness (QED) is 0.150. The van der Waals surface area contributed by atoms with Gasteiger partial charge in [-0.1, -0.05) is 96.1 Å². The molecule has 9 heteroatoms. The zero-order valence-corrected chi connectivity index (χ0v) is 32.6. The molecule has 6 aliphatic carbocycles. The van der Waals surface area contributed by atoms with Gasteiger partial charge in [-0.15, -0.1) is 0 Å². The minimum Gasteiger partial charge on any atom is -0.298 e. The highest BCUT2D eigenvalue weighted by Crippen LogP contribution is 2.84. The van der Waals surface area contributed by atoms with E-state index in [1.807, 2.05) is 50.2 Å². The number of carbonyl (C=O) groups is 1. The molecule has 10 unspecified atom stereocenters. The molecule has 0 spiro atoms. The zero-order chi connectivity index (χ0) is 37.8. The summed E-state index contributed by atoms with van der Waals surface area (Å²) >= 11 is 0. The standard InChI is InChI=1S/C45H46O7S2/c1-27-15-19-31(20-16-27)53(47,48)51-25-35-33-23-24-34(36(35)26-52-54(49,50)32-21-17-28(2)18-22-32)38-37(33)41-42(38)45(4)40(30-13-9-6-10-14-30)39(44(41,3)43(45)46)29-11-7-5-8-12-29/h5-22,33-38,41-42H,23-26H2,1-4H3. The van der Waals surface area contributed by atoms with E-state index in [9.17, 15) is 16.8 Å². The predicted molar refractivity (Wildman–Crippen MR) is 207 cm³/mol. The van der Waals surface area contributed by atoms with Crippen LogP contribution in [0.4, 0.5) is 0 Å². The van der Waals surface area contributed by atoms with E-state index < -0.39 is 31.1 Å². The largest absolute Gasteiger partial charge is 0.298 e. The number of fused-ring (bicyclic) bond motifs is 7. The van der Waals surface area contributed by atoms with Crippen LogP contribution in [-0.4, -0.2) is 35.8 Å². The van der Waals surface area contributed by atoms with Gasteiger partial charge in [0.1, 0.15) is 0 Å². The first kappa shape index (κ1) is 35.8. The molecule has 0 radical (unpaired) electrons. The van der Waals surface area contributed by atoms with Gasteiger partial charge in [-0.05, 0) is 134 Å². The van der Waals surface area contributed by atoms with E-state index in [4.69, 9.17) is 8.37 Å². The van der Waals surface area contributed by atoms with Crippen molar-refractivity contribution < 1.29 is 30.0 Å². The monoisotopic (exact) mass is 762 g/mol. The molecule has 5 fully saturated rings. The summed E-state index contributed by atoms with van der Waals surface area (Å²) in [5.41, 5.74) is 4.78. The Hall–Kier alpha value is -3.89. The third kappa shape index (κ3) is 5.07. The molecule has 4 bridgehead atoms. The molecular weight excluding hydrogens is 717 g/mol. The molecular formula is C45H46O7S2. The number of ketones is 1. The Morgan fingerprint density at radius 3 is 1.26 bits per heavy atom. The molecule has 0 N–H and O–H groups in total. The summed E-state index contributed by atoms with van der Waals surface area (Å²) in [6, 6.07) is 33.9. The third-order valence-electron chi connectivity index (χ3n) is 14.3. The van der Waals surface area contributed by atoms with Crippen molar-refractivity contribution in [3.63, 3.8) is 0 Å². The maximum absolute atomic E-state index is 15.2. The first-order valence-electron chi connectivity index (χ1n) is 19.1. The van der Waals surface area contributed by atoms with E-state index in [-0.39, 0.29) is 76.1 Å². The fourth-order valence-corrected chi connectivity index (χ4v) is 14.1. The second-order valence-electron chi connectivity index (χ2n) is 16.8. The Kier molecular flexibility index (Phi) is 8.33. The predicted octanol–water partition coefficient (Wildman–Crippen LogP) is 8.38. The van der Waals surface area contributed by atoms with Crippen LogP contribution >= 0.6 is 0 Å². The number of rotatable bonds is 10. The second-order valence-corrected chi connectivity index (χ2v) is 20.0. The van der Waals surface area contributed by atoms with E-state index in [2.05, 4.69) is 38.1 Å². The van der Waals surface area contributed by atoms with Crippen LogP contribution in [0.5, 0.6) is 0 Å². The molecule has 10 rings (SSSR count). The summed E-state index contributed by atoms with van der Waals surface area (Å²) in [5.74, 6) is 0.272. The van der Waals surface area contributed by atoms with Crippen LogP contribution in [0, 0.1) is 72.0 Å². The van der Waals surface area contributed by atoms with Crippen molar-refractivity contribution in [2.75, 3.05) is 13.2 Å². The van der Waals surface area contributed by atoms with Crippen molar-refractivity contribution in [2.24, 2.45) is 58.2 Å².